The van der Waals surface area contributed by atoms with E-state index in [2.05, 4.69) is 20.1 Å². The van der Waals surface area contributed by atoms with Crippen molar-refractivity contribution in [3.8, 4) is 0 Å². The van der Waals surface area contributed by atoms with E-state index in [1.165, 1.54) is 0 Å². The van der Waals surface area contributed by atoms with Gasteiger partial charge in [0.2, 0.25) is 0 Å². The Morgan fingerprint density at radius 2 is 2.20 bits per heavy atom. The lowest BCUT2D eigenvalue weighted by Crippen LogP contribution is -2.29. The summed E-state index contributed by atoms with van der Waals surface area (Å²) in [7, 11) is 0. The summed E-state index contributed by atoms with van der Waals surface area (Å²) in [4.78, 5) is 0. The topological polar surface area (TPSA) is 52.0 Å². The largest absolute Gasteiger partial charge is 0.374 e. The van der Waals surface area contributed by atoms with Gasteiger partial charge < -0.3 is 14.6 Å². The van der Waals surface area contributed by atoms with Gasteiger partial charge in [0.25, 0.3) is 0 Å². The SMILES string of the molecule is CCOCc1nnc2n1CCNC2.Cl.Cl. The standard InChI is InChI=1S/C8H14N4O.2ClH/c1-2-13-6-8-11-10-7-5-9-3-4-12(7)8;;/h9H,2-6H2,1H3;2*1H. The number of ether oxygens (including phenoxy) is 1. The molecule has 0 spiro atoms. The van der Waals surface area contributed by atoms with Crippen LogP contribution in [-0.4, -0.2) is 27.9 Å². The van der Waals surface area contributed by atoms with Crippen LogP contribution in [0.5, 0.6) is 0 Å². The minimum Gasteiger partial charge on any atom is -0.374 e. The summed E-state index contributed by atoms with van der Waals surface area (Å²) in [5.41, 5.74) is 0. The molecule has 1 aromatic rings. The van der Waals surface area contributed by atoms with Gasteiger partial charge in [0.15, 0.2) is 5.82 Å². The van der Waals surface area contributed by atoms with Crippen LogP contribution in [0.4, 0.5) is 0 Å². The van der Waals surface area contributed by atoms with Crippen molar-refractivity contribution in [3.63, 3.8) is 0 Å². The van der Waals surface area contributed by atoms with Gasteiger partial charge in [-0.2, -0.15) is 0 Å². The summed E-state index contributed by atoms with van der Waals surface area (Å²) in [5, 5.41) is 11.4. The molecule has 0 saturated carbocycles. The zero-order valence-corrected chi connectivity index (χ0v) is 10.2. The van der Waals surface area contributed by atoms with E-state index in [4.69, 9.17) is 4.74 Å². The molecule has 7 heteroatoms. The van der Waals surface area contributed by atoms with Crippen molar-refractivity contribution in [2.45, 2.75) is 26.6 Å². The van der Waals surface area contributed by atoms with Gasteiger partial charge in [-0.25, -0.2) is 0 Å². The van der Waals surface area contributed by atoms with E-state index < -0.39 is 0 Å². The van der Waals surface area contributed by atoms with Crippen LogP contribution in [0.3, 0.4) is 0 Å². The van der Waals surface area contributed by atoms with Crippen LogP contribution < -0.4 is 5.32 Å². The number of aromatic nitrogens is 3. The third-order valence-electron chi connectivity index (χ3n) is 2.13. The van der Waals surface area contributed by atoms with E-state index in [1.54, 1.807) is 0 Å². The van der Waals surface area contributed by atoms with Crippen molar-refractivity contribution >= 4 is 24.8 Å². The normalized spacial score (nSPS) is 13.7. The molecule has 0 bridgehead atoms. The fourth-order valence-electron chi connectivity index (χ4n) is 1.45. The first-order valence-corrected chi connectivity index (χ1v) is 4.61. The lowest BCUT2D eigenvalue weighted by molar-refractivity contribution is 0.125. The second-order valence-corrected chi connectivity index (χ2v) is 3.00. The molecule has 1 aliphatic heterocycles. The lowest BCUT2D eigenvalue weighted by atomic mass is 10.4. The maximum atomic E-state index is 5.30. The van der Waals surface area contributed by atoms with Crippen LogP contribution in [0.15, 0.2) is 0 Å². The van der Waals surface area contributed by atoms with Crippen LogP contribution in [0.25, 0.3) is 0 Å². The minimum absolute atomic E-state index is 0. The minimum atomic E-state index is 0. The molecule has 0 amide bonds. The number of hydrogen-bond donors (Lipinski definition) is 1. The molecule has 1 aliphatic rings. The second kappa shape index (κ2) is 7.00. The Labute approximate surface area is 101 Å². The lowest BCUT2D eigenvalue weighted by Gasteiger charge is -2.15. The van der Waals surface area contributed by atoms with Crippen molar-refractivity contribution in [2.75, 3.05) is 13.2 Å². The van der Waals surface area contributed by atoms with E-state index in [1.807, 2.05) is 6.92 Å². The highest BCUT2D eigenvalue weighted by Gasteiger charge is 2.14. The van der Waals surface area contributed by atoms with E-state index >= 15 is 0 Å². The van der Waals surface area contributed by atoms with Crippen LogP contribution in [0.1, 0.15) is 18.6 Å². The number of fused-ring (bicyclic) bond motifs is 1. The fraction of sp³-hybridized carbons (Fsp3) is 0.750. The molecule has 88 valence electrons. The Morgan fingerprint density at radius 3 is 2.93 bits per heavy atom. The van der Waals surface area contributed by atoms with Gasteiger partial charge in [0.1, 0.15) is 12.4 Å². The Kier molecular flexibility index (Phi) is 6.84. The van der Waals surface area contributed by atoms with Gasteiger partial charge in [-0.15, -0.1) is 35.0 Å². The maximum Gasteiger partial charge on any atom is 0.159 e. The van der Waals surface area contributed by atoms with Crippen LogP contribution >= 0.6 is 24.8 Å². The Bertz CT molecular complexity index is 292. The fourth-order valence-corrected chi connectivity index (χ4v) is 1.45. The molecule has 2 rings (SSSR count). The van der Waals surface area contributed by atoms with Gasteiger partial charge in [0.05, 0.1) is 6.54 Å². The first-order valence-electron chi connectivity index (χ1n) is 4.61. The third-order valence-corrected chi connectivity index (χ3v) is 2.13. The summed E-state index contributed by atoms with van der Waals surface area (Å²) in [6, 6.07) is 0. The van der Waals surface area contributed by atoms with Gasteiger partial charge in [0, 0.05) is 19.7 Å². The van der Waals surface area contributed by atoms with Crippen molar-refractivity contribution in [3.05, 3.63) is 11.6 Å². The predicted octanol–water partition coefficient (Wildman–Crippen LogP) is 0.761. The van der Waals surface area contributed by atoms with Gasteiger partial charge >= 0.3 is 0 Å². The monoisotopic (exact) mass is 254 g/mol. The molecule has 0 atom stereocenters. The molecule has 0 aliphatic carbocycles. The number of nitrogens with one attached hydrogen (secondary N) is 1. The average molecular weight is 255 g/mol. The number of halogens is 2. The molecule has 0 aromatic carbocycles. The summed E-state index contributed by atoms with van der Waals surface area (Å²) >= 11 is 0. The van der Waals surface area contributed by atoms with Crippen molar-refractivity contribution in [1.82, 2.24) is 20.1 Å². The molecule has 2 heterocycles. The highest BCUT2D eigenvalue weighted by atomic mass is 35.5. The molecular weight excluding hydrogens is 239 g/mol. The highest BCUT2D eigenvalue weighted by Crippen LogP contribution is 2.06. The Hall–Kier alpha value is -0.360. The van der Waals surface area contributed by atoms with E-state index in [9.17, 15) is 0 Å². The van der Waals surface area contributed by atoms with Gasteiger partial charge in [-0.05, 0) is 6.92 Å². The van der Waals surface area contributed by atoms with E-state index in [-0.39, 0.29) is 24.8 Å². The molecule has 1 N–H and O–H groups in total. The average Bonchev–Trinajstić information content (AvgIpc) is 2.58. The Balaban J connectivity index is 0.000000980. The number of nitrogens with zero attached hydrogens (tertiary/aromatic N) is 3. The molecule has 5 nitrogen and oxygen atoms in total. The zero-order valence-electron chi connectivity index (χ0n) is 8.60. The molecular formula is C8H16Cl2N4O. The predicted molar refractivity (Wildman–Crippen MR) is 61.6 cm³/mol. The molecule has 0 saturated heterocycles. The first-order chi connectivity index (χ1) is 6.42. The quantitative estimate of drug-likeness (QED) is 0.866. The molecule has 0 radical (unpaired) electrons. The van der Waals surface area contributed by atoms with E-state index in [0.29, 0.717) is 6.61 Å². The van der Waals surface area contributed by atoms with Crippen molar-refractivity contribution < 1.29 is 4.74 Å². The van der Waals surface area contributed by atoms with Gasteiger partial charge in [-0.1, -0.05) is 0 Å². The highest BCUT2D eigenvalue weighted by molar-refractivity contribution is 5.85. The van der Waals surface area contributed by atoms with Crippen LogP contribution in [-0.2, 0) is 24.4 Å². The third kappa shape index (κ3) is 3.31. The van der Waals surface area contributed by atoms with Crippen LogP contribution in [0, 0.1) is 0 Å². The van der Waals surface area contributed by atoms with E-state index in [0.717, 1.165) is 37.9 Å². The Morgan fingerprint density at radius 1 is 1.40 bits per heavy atom. The maximum absolute atomic E-state index is 5.30. The van der Waals surface area contributed by atoms with Gasteiger partial charge in [-0.3, -0.25) is 0 Å². The first kappa shape index (κ1) is 14.6. The number of hydrogen-bond acceptors (Lipinski definition) is 4. The molecule has 15 heavy (non-hydrogen) atoms. The summed E-state index contributed by atoms with van der Waals surface area (Å²) < 4.78 is 7.43. The van der Waals surface area contributed by atoms with Crippen LogP contribution in [0.2, 0.25) is 0 Å². The molecule has 1 aromatic heterocycles. The summed E-state index contributed by atoms with van der Waals surface area (Å²) in [5.74, 6) is 1.96. The number of rotatable bonds is 3. The second-order valence-electron chi connectivity index (χ2n) is 3.00. The van der Waals surface area contributed by atoms with Crippen molar-refractivity contribution in [1.29, 1.82) is 0 Å². The van der Waals surface area contributed by atoms with Crippen molar-refractivity contribution in [2.24, 2.45) is 0 Å². The molecule has 0 fully saturated rings. The zero-order chi connectivity index (χ0) is 9.10. The summed E-state index contributed by atoms with van der Waals surface area (Å²) in [6.07, 6.45) is 0. The summed E-state index contributed by atoms with van der Waals surface area (Å²) in [6.45, 7) is 6.03. The molecule has 0 unspecified atom stereocenters. The smallest absolute Gasteiger partial charge is 0.159 e.